The zero-order chi connectivity index (χ0) is 26.2. The van der Waals surface area contributed by atoms with Crippen LogP contribution >= 0.6 is 15.9 Å². The number of halogens is 1. The van der Waals surface area contributed by atoms with E-state index in [2.05, 4.69) is 21.2 Å². The van der Waals surface area contributed by atoms with Crippen LogP contribution in [0.25, 0.3) is 0 Å². The molecule has 2 amide bonds. The van der Waals surface area contributed by atoms with Gasteiger partial charge in [-0.1, -0.05) is 19.1 Å². The Bertz CT molecular complexity index is 1320. The molecule has 0 aromatic heterocycles. The second-order valence-electron chi connectivity index (χ2n) is 9.51. The Morgan fingerprint density at radius 2 is 1.95 bits per heavy atom. The number of nitrogens with one attached hydrogen (secondary N) is 1. The molecule has 1 N–H and O–H groups in total. The Balaban J connectivity index is 1.25. The Hall–Kier alpha value is -2.63. The monoisotopic (exact) mass is 591 g/mol. The standard InChI is InChI=1S/C26H30BrN3O6S/c1-2-25(31)30-11-9-17-12-20(27)24(13-21(17)30)37(33,34)29-10-5-6-18(15-29)26(32)28-14-19-16-35-22-7-3-4-8-23(22)36-19/h3-4,7-8,12-13,18-19H,2,5-6,9-11,14-16H2,1H3,(H,28,32)/t18-,19+/m1/s1. The van der Waals surface area contributed by atoms with Crippen LogP contribution in [0.15, 0.2) is 45.8 Å². The lowest BCUT2D eigenvalue weighted by Gasteiger charge is -2.32. The van der Waals surface area contributed by atoms with Crippen molar-refractivity contribution in [2.75, 3.05) is 37.7 Å². The van der Waals surface area contributed by atoms with Gasteiger partial charge in [0.2, 0.25) is 21.8 Å². The lowest BCUT2D eigenvalue weighted by atomic mass is 9.99. The van der Waals surface area contributed by atoms with Gasteiger partial charge in [0.25, 0.3) is 0 Å². The molecule has 0 unspecified atom stereocenters. The van der Waals surface area contributed by atoms with Crippen molar-refractivity contribution in [3.63, 3.8) is 0 Å². The Morgan fingerprint density at radius 1 is 1.16 bits per heavy atom. The molecule has 3 heterocycles. The molecule has 1 fully saturated rings. The normalized spacial score (nSPS) is 21.4. The van der Waals surface area contributed by atoms with Gasteiger partial charge in [0.1, 0.15) is 12.7 Å². The van der Waals surface area contributed by atoms with Gasteiger partial charge in [-0.2, -0.15) is 4.31 Å². The molecule has 0 aliphatic carbocycles. The number of piperidine rings is 1. The SMILES string of the molecule is CCC(=O)N1CCc2cc(Br)c(S(=O)(=O)N3CCC[C@@H](C(=O)NC[C@H]4COc5ccccc5O4)C3)cc21. The van der Waals surface area contributed by atoms with Crippen molar-refractivity contribution < 1.29 is 27.5 Å². The number of hydrogen-bond donors (Lipinski definition) is 1. The number of rotatable bonds is 6. The van der Waals surface area contributed by atoms with Gasteiger partial charge in [0.05, 0.1) is 17.4 Å². The molecular weight excluding hydrogens is 562 g/mol. The maximum Gasteiger partial charge on any atom is 0.244 e. The second-order valence-corrected chi connectivity index (χ2v) is 12.3. The highest BCUT2D eigenvalue weighted by Crippen LogP contribution is 2.37. The minimum atomic E-state index is -3.88. The molecule has 0 spiro atoms. The third-order valence-electron chi connectivity index (χ3n) is 7.08. The smallest absolute Gasteiger partial charge is 0.244 e. The fourth-order valence-corrected chi connectivity index (χ4v) is 7.67. The van der Waals surface area contributed by atoms with Gasteiger partial charge in [-0.25, -0.2) is 8.42 Å². The molecule has 9 nitrogen and oxygen atoms in total. The predicted octanol–water partition coefficient (Wildman–Crippen LogP) is 3.11. The number of ether oxygens (including phenoxy) is 2. The van der Waals surface area contributed by atoms with E-state index in [1.54, 1.807) is 24.0 Å². The molecule has 2 aromatic carbocycles. The van der Waals surface area contributed by atoms with Crippen LogP contribution < -0.4 is 19.7 Å². The van der Waals surface area contributed by atoms with E-state index < -0.39 is 15.9 Å². The number of carbonyl (C=O) groups excluding carboxylic acids is 2. The summed E-state index contributed by atoms with van der Waals surface area (Å²) >= 11 is 3.44. The number of nitrogens with zero attached hydrogens (tertiary/aromatic N) is 2. The highest BCUT2D eigenvalue weighted by Gasteiger charge is 2.36. The first-order chi connectivity index (χ1) is 17.8. The summed E-state index contributed by atoms with van der Waals surface area (Å²) in [6.45, 7) is 3.37. The quantitative estimate of drug-likeness (QED) is 0.553. The number of anilines is 1. The van der Waals surface area contributed by atoms with E-state index in [1.165, 1.54) is 4.31 Å². The largest absolute Gasteiger partial charge is 0.486 e. The van der Waals surface area contributed by atoms with Crippen molar-refractivity contribution in [3.05, 3.63) is 46.4 Å². The summed E-state index contributed by atoms with van der Waals surface area (Å²) in [5.74, 6) is 0.622. The number of carbonyl (C=O) groups is 2. The van der Waals surface area contributed by atoms with Crippen molar-refractivity contribution >= 4 is 43.5 Å². The summed E-state index contributed by atoms with van der Waals surface area (Å²) in [7, 11) is -3.88. The second kappa shape index (κ2) is 10.6. The van der Waals surface area contributed by atoms with Crippen molar-refractivity contribution in [3.8, 4) is 11.5 Å². The summed E-state index contributed by atoms with van der Waals surface area (Å²) in [5, 5.41) is 2.92. The van der Waals surface area contributed by atoms with Crippen LogP contribution in [-0.4, -0.2) is 63.4 Å². The van der Waals surface area contributed by atoms with Crippen molar-refractivity contribution in [2.45, 2.75) is 43.6 Å². The third kappa shape index (κ3) is 5.21. The highest BCUT2D eigenvalue weighted by atomic mass is 79.9. The highest BCUT2D eigenvalue weighted by molar-refractivity contribution is 9.10. The van der Waals surface area contributed by atoms with E-state index >= 15 is 0 Å². The summed E-state index contributed by atoms with van der Waals surface area (Å²) < 4.78 is 40.8. The average molecular weight is 593 g/mol. The van der Waals surface area contributed by atoms with Crippen LogP contribution in [0.4, 0.5) is 5.69 Å². The maximum absolute atomic E-state index is 13.7. The molecule has 0 bridgehead atoms. The minimum Gasteiger partial charge on any atom is -0.486 e. The number of sulfonamides is 1. The zero-order valence-electron chi connectivity index (χ0n) is 20.6. The molecule has 3 aliphatic rings. The number of benzene rings is 2. The molecule has 11 heteroatoms. The lowest BCUT2D eigenvalue weighted by molar-refractivity contribution is -0.126. The summed E-state index contributed by atoms with van der Waals surface area (Å²) in [6, 6.07) is 10.8. The van der Waals surface area contributed by atoms with E-state index in [0.29, 0.717) is 67.0 Å². The van der Waals surface area contributed by atoms with Crippen molar-refractivity contribution in [1.29, 1.82) is 0 Å². The molecular formula is C26H30BrN3O6S. The van der Waals surface area contributed by atoms with Gasteiger partial charge in [-0.15, -0.1) is 0 Å². The van der Waals surface area contributed by atoms with Crippen LogP contribution in [-0.2, 0) is 26.0 Å². The van der Waals surface area contributed by atoms with Gasteiger partial charge in [0, 0.05) is 36.2 Å². The van der Waals surface area contributed by atoms with Crippen LogP contribution in [0, 0.1) is 5.92 Å². The topological polar surface area (TPSA) is 105 Å². The van der Waals surface area contributed by atoms with E-state index in [1.807, 2.05) is 24.3 Å². The molecule has 0 radical (unpaired) electrons. The number of para-hydroxylation sites is 2. The molecule has 37 heavy (non-hydrogen) atoms. The lowest BCUT2D eigenvalue weighted by Crippen LogP contribution is -2.48. The van der Waals surface area contributed by atoms with Gasteiger partial charge >= 0.3 is 0 Å². The van der Waals surface area contributed by atoms with Crippen LogP contribution in [0.3, 0.4) is 0 Å². The Kier molecular flexibility index (Phi) is 7.46. The first-order valence-corrected chi connectivity index (χ1v) is 14.8. The summed E-state index contributed by atoms with van der Waals surface area (Å²) in [6.07, 6.45) is 1.90. The Labute approximate surface area is 225 Å². The number of hydrogen-bond acceptors (Lipinski definition) is 6. The number of amides is 2. The molecule has 198 valence electrons. The fraction of sp³-hybridized carbons (Fsp3) is 0.462. The van der Waals surface area contributed by atoms with Crippen LogP contribution in [0.1, 0.15) is 31.7 Å². The van der Waals surface area contributed by atoms with Crippen LogP contribution in [0.5, 0.6) is 11.5 Å². The fourth-order valence-electron chi connectivity index (χ4n) is 5.07. The minimum absolute atomic E-state index is 0.0324. The molecule has 2 atom stereocenters. The molecule has 5 rings (SSSR count). The predicted molar refractivity (Wildman–Crippen MR) is 141 cm³/mol. The molecule has 2 aromatic rings. The first-order valence-electron chi connectivity index (χ1n) is 12.6. The molecule has 0 saturated carbocycles. The average Bonchev–Trinajstić information content (AvgIpc) is 3.33. The van der Waals surface area contributed by atoms with Crippen molar-refractivity contribution in [2.24, 2.45) is 5.92 Å². The van der Waals surface area contributed by atoms with Gasteiger partial charge in [0.15, 0.2) is 11.5 Å². The van der Waals surface area contributed by atoms with Gasteiger partial charge in [-0.3, -0.25) is 9.59 Å². The first kappa shape index (κ1) is 26.0. The maximum atomic E-state index is 13.7. The van der Waals surface area contributed by atoms with E-state index in [9.17, 15) is 18.0 Å². The van der Waals surface area contributed by atoms with E-state index in [4.69, 9.17) is 9.47 Å². The summed E-state index contributed by atoms with van der Waals surface area (Å²) in [5.41, 5.74) is 1.59. The summed E-state index contributed by atoms with van der Waals surface area (Å²) in [4.78, 5) is 27.1. The van der Waals surface area contributed by atoms with E-state index in [-0.39, 0.29) is 35.9 Å². The molecule has 3 aliphatic heterocycles. The number of fused-ring (bicyclic) bond motifs is 2. The van der Waals surface area contributed by atoms with Gasteiger partial charge < -0.3 is 19.7 Å². The third-order valence-corrected chi connectivity index (χ3v) is 9.90. The van der Waals surface area contributed by atoms with Crippen molar-refractivity contribution in [1.82, 2.24) is 9.62 Å². The van der Waals surface area contributed by atoms with Gasteiger partial charge in [-0.05, 0) is 65.0 Å². The Morgan fingerprint density at radius 3 is 2.73 bits per heavy atom. The molecule has 1 saturated heterocycles. The van der Waals surface area contributed by atoms with E-state index in [0.717, 1.165) is 5.56 Å². The van der Waals surface area contributed by atoms with Crippen LogP contribution in [0.2, 0.25) is 0 Å². The zero-order valence-corrected chi connectivity index (χ0v) is 23.0.